The molecule has 1 heterocycles. The number of ether oxygens (including phenoxy) is 2. The molecule has 6 heteroatoms. The van der Waals surface area contributed by atoms with Crippen molar-refractivity contribution in [3.63, 3.8) is 0 Å². The predicted molar refractivity (Wildman–Crippen MR) is 104 cm³/mol. The van der Waals surface area contributed by atoms with E-state index in [1.807, 2.05) is 42.0 Å². The summed E-state index contributed by atoms with van der Waals surface area (Å²) in [5, 5.41) is 3.80. The van der Waals surface area contributed by atoms with Gasteiger partial charge in [-0.25, -0.2) is 4.79 Å². The smallest absolute Gasteiger partial charge is 0.340 e. The van der Waals surface area contributed by atoms with E-state index >= 15 is 0 Å². The molecule has 1 N–H and O–H groups in total. The van der Waals surface area contributed by atoms with Crippen molar-refractivity contribution in [2.45, 2.75) is 20.4 Å². The van der Waals surface area contributed by atoms with Gasteiger partial charge in [0.25, 0.3) is 0 Å². The first-order chi connectivity index (χ1) is 13.1. The van der Waals surface area contributed by atoms with Crippen LogP contribution in [0.2, 0.25) is 0 Å². The highest BCUT2D eigenvalue weighted by Gasteiger charge is 2.14. The largest absolute Gasteiger partial charge is 0.494 e. The van der Waals surface area contributed by atoms with Gasteiger partial charge in [-0.15, -0.1) is 0 Å². The number of hydrogen-bond acceptors (Lipinski definition) is 4. The molecule has 0 radical (unpaired) electrons. The minimum atomic E-state index is -0.455. The monoisotopic (exact) mass is 366 g/mol. The molecular formula is C21H22N2O4. The summed E-state index contributed by atoms with van der Waals surface area (Å²) in [5.74, 6) is 0.122. The fourth-order valence-electron chi connectivity index (χ4n) is 2.90. The minimum Gasteiger partial charge on any atom is -0.494 e. The van der Waals surface area contributed by atoms with Crippen LogP contribution in [0.3, 0.4) is 0 Å². The lowest BCUT2D eigenvalue weighted by atomic mass is 10.2. The molecule has 0 atom stereocenters. The third kappa shape index (κ3) is 4.28. The Morgan fingerprint density at radius 2 is 1.85 bits per heavy atom. The van der Waals surface area contributed by atoms with Gasteiger partial charge in [0, 0.05) is 17.1 Å². The Labute approximate surface area is 157 Å². The zero-order valence-electron chi connectivity index (χ0n) is 15.4. The summed E-state index contributed by atoms with van der Waals surface area (Å²) in [6, 6.07) is 14.5. The predicted octanol–water partition coefficient (Wildman–Crippen LogP) is 3.86. The number of esters is 1. The van der Waals surface area contributed by atoms with Crippen LogP contribution in [0, 0.1) is 0 Å². The number of benzene rings is 2. The van der Waals surface area contributed by atoms with Gasteiger partial charge < -0.3 is 19.4 Å². The Bertz CT molecular complexity index is 962. The number of carbonyl (C=O) groups is 2. The van der Waals surface area contributed by atoms with Gasteiger partial charge in [-0.05, 0) is 50.2 Å². The zero-order chi connectivity index (χ0) is 19.2. The van der Waals surface area contributed by atoms with E-state index in [2.05, 4.69) is 5.32 Å². The van der Waals surface area contributed by atoms with Gasteiger partial charge >= 0.3 is 5.97 Å². The minimum absolute atomic E-state index is 0.134. The zero-order valence-corrected chi connectivity index (χ0v) is 15.4. The quantitative estimate of drug-likeness (QED) is 0.645. The second kappa shape index (κ2) is 8.40. The summed E-state index contributed by atoms with van der Waals surface area (Å²) >= 11 is 0. The first-order valence-corrected chi connectivity index (χ1v) is 8.90. The fourth-order valence-corrected chi connectivity index (χ4v) is 2.90. The van der Waals surface area contributed by atoms with Crippen LogP contribution in [0.15, 0.2) is 54.7 Å². The Kier molecular flexibility index (Phi) is 5.76. The second-order valence-corrected chi connectivity index (χ2v) is 5.91. The van der Waals surface area contributed by atoms with E-state index in [1.54, 1.807) is 31.2 Å². The Hall–Kier alpha value is -3.28. The molecule has 140 valence electrons. The molecule has 0 aliphatic heterocycles. The molecule has 0 saturated carbocycles. The molecule has 0 spiro atoms. The highest BCUT2D eigenvalue weighted by Crippen LogP contribution is 2.22. The van der Waals surface area contributed by atoms with Crippen LogP contribution >= 0.6 is 0 Å². The highest BCUT2D eigenvalue weighted by molar-refractivity contribution is 6.01. The molecule has 0 fully saturated rings. The maximum absolute atomic E-state index is 12.5. The van der Waals surface area contributed by atoms with Crippen molar-refractivity contribution >= 4 is 28.5 Å². The van der Waals surface area contributed by atoms with Crippen molar-refractivity contribution < 1.29 is 19.1 Å². The lowest BCUT2D eigenvalue weighted by Crippen LogP contribution is -2.20. The second-order valence-electron chi connectivity index (χ2n) is 5.91. The van der Waals surface area contributed by atoms with Crippen molar-refractivity contribution in [2.24, 2.45) is 0 Å². The number of fused-ring (bicyclic) bond motifs is 1. The third-order valence-corrected chi connectivity index (χ3v) is 4.06. The first-order valence-electron chi connectivity index (χ1n) is 8.90. The van der Waals surface area contributed by atoms with Crippen LogP contribution in [-0.2, 0) is 16.1 Å². The number of aromatic nitrogens is 1. The van der Waals surface area contributed by atoms with Crippen molar-refractivity contribution in [1.82, 2.24) is 4.57 Å². The molecule has 27 heavy (non-hydrogen) atoms. The molecule has 2 aromatic carbocycles. The Morgan fingerprint density at radius 1 is 1.04 bits per heavy atom. The molecule has 1 aromatic heterocycles. The average Bonchev–Trinajstić information content (AvgIpc) is 3.04. The summed E-state index contributed by atoms with van der Waals surface area (Å²) in [5.41, 5.74) is 1.72. The van der Waals surface area contributed by atoms with Crippen molar-refractivity contribution in [2.75, 3.05) is 18.5 Å². The Morgan fingerprint density at radius 3 is 2.63 bits per heavy atom. The maximum Gasteiger partial charge on any atom is 0.340 e. The topological polar surface area (TPSA) is 69.6 Å². The lowest BCUT2D eigenvalue weighted by molar-refractivity contribution is -0.116. The maximum atomic E-state index is 12.5. The number of rotatable bonds is 7. The van der Waals surface area contributed by atoms with Gasteiger partial charge in [-0.3, -0.25) is 4.79 Å². The molecule has 0 bridgehead atoms. The van der Waals surface area contributed by atoms with Crippen LogP contribution in [0.5, 0.6) is 5.75 Å². The van der Waals surface area contributed by atoms with Gasteiger partial charge in [0.05, 0.1) is 24.5 Å². The Balaban J connectivity index is 1.75. The van der Waals surface area contributed by atoms with E-state index in [-0.39, 0.29) is 19.1 Å². The van der Waals surface area contributed by atoms with Crippen LogP contribution in [0.1, 0.15) is 24.2 Å². The number of anilines is 1. The summed E-state index contributed by atoms with van der Waals surface area (Å²) in [6.07, 6.45) is 1.86. The fraction of sp³-hybridized carbons (Fsp3) is 0.238. The normalized spacial score (nSPS) is 10.6. The van der Waals surface area contributed by atoms with Crippen LogP contribution < -0.4 is 10.1 Å². The van der Waals surface area contributed by atoms with E-state index in [1.165, 1.54) is 0 Å². The first kappa shape index (κ1) is 18.5. The van der Waals surface area contributed by atoms with Gasteiger partial charge in [0.15, 0.2) is 0 Å². The van der Waals surface area contributed by atoms with Gasteiger partial charge in [-0.1, -0.05) is 12.1 Å². The molecule has 6 nitrogen and oxygen atoms in total. The van der Waals surface area contributed by atoms with E-state index in [9.17, 15) is 9.59 Å². The molecule has 0 unspecified atom stereocenters. The van der Waals surface area contributed by atoms with Gasteiger partial charge in [0.2, 0.25) is 5.91 Å². The van der Waals surface area contributed by atoms with Crippen LogP contribution in [0.4, 0.5) is 5.69 Å². The van der Waals surface area contributed by atoms with Crippen LogP contribution in [0.25, 0.3) is 10.9 Å². The summed E-state index contributed by atoms with van der Waals surface area (Å²) < 4.78 is 12.4. The SMILES string of the molecule is CCOC(=O)c1ccccc1NC(=O)Cn1ccc2cc(OCC)ccc21. The number of nitrogens with zero attached hydrogens (tertiary/aromatic N) is 1. The van der Waals surface area contributed by atoms with E-state index in [4.69, 9.17) is 9.47 Å². The molecule has 0 aliphatic rings. The molecular weight excluding hydrogens is 344 g/mol. The number of hydrogen-bond donors (Lipinski definition) is 1. The van der Waals surface area contributed by atoms with E-state index < -0.39 is 5.97 Å². The van der Waals surface area contributed by atoms with E-state index in [0.717, 1.165) is 16.7 Å². The van der Waals surface area contributed by atoms with Crippen molar-refractivity contribution in [3.05, 3.63) is 60.3 Å². The van der Waals surface area contributed by atoms with E-state index in [0.29, 0.717) is 17.9 Å². The van der Waals surface area contributed by atoms with Crippen molar-refractivity contribution in [3.8, 4) is 5.75 Å². The third-order valence-electron chi connectivity index (χ3n) is 4.06. The average molecular weight is 366 g/mol. The standard InChI is InChI=1S/C21H22N2O4/c1-3-26-16-9-10-19-15(13-16)11-12-23(19)14-20(24)22-18-8-6-5-7-17(18)21(25)27-4-2/h5-13H,3-4,14H2,1-2H3,(H,22,24). The number of nitrogens with one attached hydrogen (secondary N) is 1. The summed E-state index contributed by atoms with van der Waals surface area (Å²) in [7, 11) is 0. The molecule has 0 saturated heterocycles. The van der Waals surface area contributed by atoms with Gasteiger partial charge in [-0.2, -0.15) is 0 Å². The molecule has 1 amide bonds. The number of carbonyl (C=O) groups excluding carboxylic acids is 2. The molecule has 3 rings (SSSR count). The lowest BCUT2D eigenvalue weighted by Gasteiger charge is -2.11. The molecule has 3 aromatic rings. The highest BCUT2D eigenvalue weighted by atomic mass is 16.5. The number of amides is 1. The summed E-state index contributed by atoms with van der Waals surface area (Å²) in [6.45, 7) is 4.70. The van der Waals surface area contributed by atoms with Gasteiger partial charge in [0.1, 0.15) is 12.3 Å². The van der Waals surface area contributed by atoms with Crippen molar-refractivity contribution in [1.29, 1.82) is 0 Å². The molecule has 0 aliphatic carbocycles. The van der Waals surface area contributed by atoms with Crippen LogP contribution in [-0.4, -0.2) is 29.7 Å². The summed E-state index contributed by atoms with van der Waals surface area (Å²) in [4.78, 5) is 24.6. The number of para-hydroxylation sites is 1.